The normalized spacial score (nSPS) is 15.0. The average Bonchev–Trinajstić information content (AvgIpc) is 3.60. The third-order valence-electron chi connectivity index (χ3n) is 9.44. The van der Waals surface area contributed by atoms with E-state index >= 15 is 0 Å². The van der Waals surface area contributed by atoms with Crippen molar-refractivity contribution in [3.05, 3.63) is 147 Å². The molecule has 0 bridgehead atoms. The van der Waals surface area contributed by atoms with Crippen molar-refractivity contribution < 1.29 is 47.6 Å². The number of fused-ring (bicyclic) bond motifs is 3. The molecule has 0 nitrogen and oxygen atoms in total. The van der Waals surface area contributed by atoms with Gasteiger partial charge in [0.2, 0.25) is 0 Å². The smallest absolute Gasteiger partial charge is 1.00 e. The molecule has 1 unspecified atom stereocenters. The van der Waals surface area contributed by atoms with Gasteiger partial charge in [-0.3, -0.25) is 0 Å². The van der Waals surface area contributed by atoms with E-state index in [0.717, 1.165) is 6.42 Å². The summed E-state index contributed by atoms with van der Waals surface area (Å²) in [7, 11) is 0. The van der Waals surface area contributed by atoms with Gasteiger partial charge in [0.15, 0.2) is 0 Å². The minimum absolute atomic E-state index is 0. The maximum absolute atomic E-state index is 2.61. The second kappa shape index (κ2) is 13.4. The minimum atomic E-state index is -1.26. The van der Waals surface area contributed by atoms with Gasteiger partial charge in [-0.05, 0) is 0 Å². The molecule has 3 heteroatoms. The number of halogens is 2. The molecule has 4 aromatic rings. The van der Waals surface area contributed by atoms with Crippen molar-refractivity contribution >= 4 is 8.78 Å². The minimum Gasteiger partial charge on any atom is -1.00 e. The van der Waals surface area contributed by atoms with Crippen molar-refractivity contribution in [1.29, 1.82) is 0 Å². The summed E-state index contributed by atoms with van der Waals surface area (Å²) in [5, 5.41) is 0. The van der Waals surface area contributed by atoms with E-state index in [-0.39, 0.29) is 35.6 Å². The Balaban J connectivity index is 0.00000230. The molecule has 0 spiro atoms. The Bertz CT molecular complexity index is 1770. The van der Waals surface area contributed by atoms with Crippen molar-refractivity contribution in [1.82, 2.24) is 0 Å². The largest absolute Gasteiger partial charge is 1.00 e. The first kappa shape index (κ1) is 35.5. The maximum Gasteiger partial charge on any atom is -1.00 e. The van der Waals surface area contributed by atoms with Crippen LogP contribution in [-0.4, -0.2) is 3.21 Å². The summed E-state index contributed by atoms with van der Waals surface area (Å²) >= 11 is -1.26. The van der Waals surface area contributed by atoms with Crippen molar-refractivity contribution in [3.8, 4) is 11.1 Å². The van der Waals surface area contributed by atoms with Crippen molar-refractivity contribution in [2.75, 3.05) is 0 Å². The summed E-state index contributed by atoms with van der Waals surface area (Å²) in [6.45, 7) is 21.5. The van der Waals surface area contributed by atoms with Gasteiger partial charge in [0, 0.05) is 0 Å². The van der Waals surface area contributed by atoms with Crippen LogP contribution in [0.5, 0.6) is 0 Å². The fourth-order valence-electron chi connectivity index (χ4n) is 7.35. The zero-order valence-corrected chi connectivity index (χ0v) is 32.2. The van der Waals surface area contributed by atoms with Crippen LogP contribution >= 0.6 is 0 Å². The molecular weight excluding hydrogens is 667 g/mol. The molecule has 2 aliphatic carbocycles. The van der Waals surface area contributed by atoms with Crippen molar-refractivity contribution in [3.63, 3.8) is 0 Å². The van der Waals surface area contributed by atoms with Gasteiger partial charge >= 0.3 is 273 Å². The molecule has 0 aromatic heterocycles. The molecule has 231 valence electrons. The Labute approximate surface area is 295 Å². The van der Waals surface area contributed by atoms with E-state index < -0.39 is 22.8 Å². The number of aryl methyl sites for hydroxylation is 1. The summed E-state index contributed by atoms with van der Waals surface area (Å²) in [6.07, 6.45) is 8.03. The molecule has 0 aliphatic heterocycles. The summed E-state index contributed by atoms with van der Waals surface area (Å²) < 4.78 is 2.02. The first-order valence-electron chi connectivity index (χ1n) is 15.8. The molecule has 0 fully saturated rings. The zero-order valence-electron chi connectivity index (χ0n) is 28.2. The molecule has 6 rings (SSSR count). The van der Waals surface area contributed by atoms with E-state index in [1.807, 2.05) is 0 Å². The van der Waals surface area contributed by atoms with Crippen LogP contribution in [0.1, 0.15) is 107 Å². The molecule has 0 heterocycles. The van der Waals surface area contributed by atoms with Gasteiger partial charge in [0.1, 0.15) is 0 Å². The Hall–Kier alpha value is -2.31. The number of rotatable bonds is 4. The second-order valence-electron chi connectivity index (χ2n) is 14.6. The molecule has 0 N–H and O–H groups in total. The van der Waals surface area contributed by atoms with Crippen molar-refractivity contribution in [2.24, 2.45) is 0 Å². The number of benzene rings is 4. The summed E-state index contributed by atoms with van der Waals surface area (Å²) in [5.41, 5.74) is 19.6. The first-order valence-corrected chi connectivity index (χ1v) is 18.5. The van der Waals surface area contributed by atoms with E-state index in [2.05, 4.69) is 153 Å². The van der Waals surface area contributed by atoms with Crippen LogP contribution in [0.15, 0.2) is 91.0 Å². The van der Waals surface area contributed by atoms with E-state index in [4.69, 9.17) is 0 Å². The number of hydrogen-bond acceptors (Lipinski definition) is 0. The maximum atomic E-state index is 2.61. The van der Waals surface area contributed by atoms with Gasteiger partial charge in [-0.2, -0.15) is 0 Å². The standard InChI is InChI=1S/C29H35.C13H10.2ClH.Zr/c1-17-14-22(28(4,5)6)15-21-16-23-25(24(17)21)18(2)19(3)27(29(7,8)9)26(23)20-12-10-11-13-20;1-3-7-12(8-4-1)11-13-9-5-2-6-10-13;;;/h10-12,14-16H,13H2,1-9H3;1-10H;2*1H;/q;;;;+2/p-2. The van der Waals surface area contributed by atoms with Gasteiger partial charge in [-0.25, -0.2) is 0 Å². The second-order valence-corrected chi connectivity index (χ2v) is 17.9. The van der Waals surface area contributed by atoms with Crippen LogP contribution in [0, 0.1) is 20.8 Å². The molecule has 0 saturated heterocycles. The van der Waals surface area contributed by atoms with Crippen LogP contribution in [0.3, 0.4) is 0 Å². The SMILES string of the molecule is Cc1cc(C(C)(C)C)cc2c1-c1c(C)c(C)c(C(C)(C)C)c(C3=CC=CC3)c1[CH]2[Zr+2]=[C](c1ccccc1)c1ccccc1.[Cl-].[Cl-]. The van der Waals surface area contributed by atoms with Gasteiger partial charge in [0.05, 0.1) is 0 Å². The molecular formula is C42H45Cl2Zr. The third-order valence-corrected chi connectivity index (χ3v) is 13.8. The number of allylic oxidation sites excluding steroid dienone is 4. The first-order chi connectivity index (χ1) is 20.4. The third kappa shape index (κ3) is 6.48. The van der Waals surface area contributed by atoms with E-state index in [9.17, 15) is 0 Å². The Morgan fingerprint density at radius 2 is 1.27 bits per heavy atom. The molecule has 0 radical (unpaired) electrons. The predicted molar refractivity (Wildman–Crippen MR) is 183 cm³/mol. The Kier molecular flexibility index (Phi) is 10.6. The van der Waals surface area contributed by atoms with Crippen LogP contribution in [-0.2, 0) is 33.6 Å². The van der Waals surface area contributed by atoms with Crippen LogP contribution in [0.25, 0.3) is 16.7 Å². The molecule has 0 amide bonds. The van der Waals surface area contributed by atoms with Crippen molar-refractivity contribution in [2.45, 2.75) is 83.2 Å². The monoisotopic (exact) mass is 709 g/mol. The summed E-state index contributed by atoms with van der Waals surface area (Å²) in [5.74, 6) is 0. The van der Waals surface area contributed by atoms with Crippen LogP contribution < -0.4 is 24.8 Å². The van der Waals surface area contributed by atoms with Gasteiger partial charge in [-0.1, -0.05) is 0 Å². The summed E-state index contributed by atoms with van der Waals surface area (Å²) in [6, 6.07) is 27.6. The predicted octanol–water partition coefficient (Wildman–Crippen LogP) is 4.98. The topological polar surface area (TPSA) is 0 Å². The molecule has 0 saturated carbocycles. The van der Waals surface area contributed by atoms with E-state index in [1.54, 1.807) is 25.5 Å². The van der Waals surface area contributed by atoms with Crippen LogP contribution in [0.4, 0.5) is 0 Å². The van der Waals surface area contributed by atoms with Gasteiger partial charge in [-0.15, -0.1) is 0 Å². The fourth-order valence-corrected chi connectivity index (χ4v) is 11.7. The molecule has 4 aromatic carbocycles. The Morgan fingerprint density at radius 3 is 1.76 bits per heavy atom. The quantitative estimate of drug-likeness (QED) is 0.281. The Morgan fingerprint density at radius 1 is 0.689 bits per heavy atom. The van der Waals surface area contributed by atoms with E-state index in [0.29, 0.717) is 3.63 Å². The number of hydrogen-bond donors (Lipinski definition) is 0. The van der Waals surface area contributed by atoms with E-state index in [1.165, 1.54) is 50.1 Å². The average molecular weight is 712 g/mol. The fraction of sp³-hybridized carbons (Fsp3) is 0.310. The molecule has 1 atom stereocenters. The zero-order chi connectivity index (χ0) is 30.7. The van der Waals surface area contributed by atoms with Crippen LogP contribution in [0.2, 0.25) is 0 Å². The van der Waals surface area contributed by atoms with Gasteiger partial charge in [0.25, 0.3) is 0 Å². The van der Waals surface area contributed by atoms with Gasteiger partial charge < -0.3 is 24.8 Å². The molecule has 2 aliphatic rings. The molecule has 45 heavy (non-hydrogen) atoms. The summed E-state index contributed by atoms with van der Waals surface area (Å²) in [4.78, 5) is 0.